The fourth-order valence-corrected chi connectivity index (χ4v) is 2.51. The molecule has 5 heteroatoms. The van der Waals surface area contributed by atoms with Gasteiger partial charge in [0.2, 0.25) is 0 Å². The zero-order valence-corrected chi connectivity index (χ0v) is 9.80. The van der Waals surface area contributed by atoms with Gasteiger partial charge in [0.1, 0.15) is 5.75 Å². The van der Waals surface area contributed by atoms with Crippen LogP contribution in [0.2, 0.25) is 0 Å². The lowest BCUT2D eigenvalue weighted by atomic mass is 9.79. The quantitative estimate of drug-likeness (QED) is 0.810. The third-order valence-corrected chi connectivity index (χ3v) is 3.51. The van der Waals surface area contributed by atoms with Crippen LogP contribution in [0.5, 0.6) is 5.75 Å². The van der Waals surface area contributed by atoms with Crippen molar-refractivity contribution < 1.29 is 23.4 Å². The molecule has 1 fully saturated rings. The van der Waals surface area contributed by atoms with Crippen molar-refractivity contribution in [2.45, 2.75) is 43.9 Å². The molecular formula is C13H15F3O2. The summed E-state index contributed by atoms with van der Waals surface area (Å²) in [6.07, 6.45) is -0.888. The van der Waals surface area contributed by atoms with E-state index in [2.05, 4.69) is 0 Å². The third kappa shape index (κ3) is 2.46. The normalized spacial score (nSPS) is 19.8. The standard InChI is InChI=1S/C13H15F3O2/c14-13(15,16)9-4-5-10(11(17)8-9)12(18)6-2-1-3-7-12/h4-5,8,17-18H,1-3,6-7H2. The summed E-state index contributed by atoms with van der Waals surface area (Å²) in [5.41, 5.74) is -1.88. The molecule has 0 amide bonds. The van der Waals surface area contributed by atoms with E-state index in [4.69, 9.17) is 0 Å². The largest absolute Gasteiger partial charge is 0.508 e. The topological polar surface area (TPSA) is 40.5 Å². The first-order chi connectivity index (χ1) is 8.33. The maximum absolute atomic E-state index is 12.5. The van der Waals surface area contributed by atoms with Gasteiger partial charge < -0.3 is 10.2 Å². The molecule has 2 N–H and O–H groups in total. The number of benzene rings is 1. The minimum atomic E-state index is -4.48. The Bertz CT molecular complexity index is 434. The Labute approximate surface area is 103 Å². The minimum absolute atomic E-state index is 0.204. The molecule has 0 aliphatic heterocycles. The molecule has 0 spiro atoms. The van der Waals surface area contributed by atoms with Gasteiger partial charge in [-0.15, -0.1) is 0 Å². The van der Waals surface area contributed by atoms with Crippen LogP contribution in [-0.4, -0.2) is 10.2 Å². The summed E-state index contributed by atoms with van der Waals surface area (Å²) in [6.45, 7) is 0. The van der Waals surface area contributed by atoms with E-state index >= 15 is 0 Å². The predicted molar refractivity (Wildman–Crippen MR) is 60.1 cm³/mol. The number of hydrogen-bond acceptors (Lipinski definition) is 2. The molecule has 2 rings (SSSR count). The van der Waals surface area contributed by atoms with E-state index in [1.165, 1.54) is 6.07 Å². The van der Waals surface area contributed by atoms with Crippen molar-refractivity contribution in [3.63, 3.8) is 0 Å². The fourth-order valence-electron chi connectivity index (χ4n) is 2.51. The smallest absolute Gasteiger partial charge is 0.416 e. The van der Waals surface area contributed by atoms with Crippen LogP contribution in [0.4, 0.5) is 13.2 Å². The molecule has 0 atom stereocenters. The van der Waals surface area contributed by atoms with Crippen LogP contribution in [0.15, 0.2) is 18.2 Å². The molecule has 0 bridgehead atoms. The SMILES string of the molecule is Oc1cc(C(F)(F)F)ccc1C1(O)CCCCC1. The van der Waals surface area contributed by atoms with Crippen LogP contribution in [0.1, 0.15) is 43.2 Å². The number of hydrogen-bond donors (Lipinski definition) is 2. The van der Waals surface area contributed by atoms with Gasteiger partial charge in [0.25, 0.3) is 0 Å². The van der Waals surface area contributed by atoms with Crippen LogP contribution in [0.3, 0.4) is 0 Å². The van der Waals surface area contributed by atoms with Crippen LogP contribution in [0.25, 0.3) is 0 Å². The zero-order valence-electron chi connectivity index (χ0n) is 9.80. The van der Waals surface area contributed by atoms with Crippen LogP contribution < -0.4 is 0 Å². The van der Waals surface area contributed by atoms with Gasteiger partial charge in [-0.3, -0.25) is 0 Å². The number of alkyl halides is 3. The van der Waals surface area contributed by atoms with Gasteiger partial charge in [-0.25, -0.2) is 0 Å². The molecule has 100 valence electrons. The molecule has 18 heavy (non-hydrogen) atoms. The summed E-state index contributed by atoms with van der Waals surface area (Å²) in [4.78, 5) is 0. The molecule has 0 saturated heterocycles. The van der Waals surface area contributed by atoms with Crippen molar-refractivity contribution in [3.8, 4) is 5.75 Å². The second-order valence-electron chi connectivity index (χ2n) is 4.82. The second-order valence-corrected chi connectivity index (χ2v) is 4.82. The highest BCUT2D eigenvalue weighted by Crippen LogP contribution is 2.42. The fraction of sp³-hybridized carbons (Fsp3) is 0.538. The van der Waals surface area contributed by atoms with Crippen LogP contribution in [-0.2, 0) is 11.8 Å². The molecule has 0 radical (unpaired) electrons. The first kappa shape index (κ1) is 13.2. The Kier molecular flexibility index (Phi) is 3.27. The summed E-state index contributed by atoms with van der Waals surface area (Å²) in [5.74, 6) is -0.478. The lowest BCUT2D eigenvalue weighted by Gasteiger charge is -2.33. The van der Waals surface area contributed by atoms with E-state index in [0.29, 0.717) is 18.9 Å². The second kappa shape index (κ2) is 4.46. The summed E-state index contributed by atoms with van der Waals surface area (Å²) in [6, 6.07) is 2.77. The molecular weight excluding hydrogens is 245 g/mol. The summed E-state index contributed by atoms with van der Waals surface area (Å²) in [7, 11) is 0. The summed E-state index contributed by atoms with van der Waals surface area (Å²) in [5, 5.41) is 20.1. The number of halogens is 3. The monoisotopic (exact) mass is 260 g/mol. The van der Waals surface area contributed by atoms with Crippen molar-refractivity contribution in [2.24, 2.45) is 0 Å². The number of aromatic hydroxyl groups is 1. The van der Waals surface area contributed by atoms with Gasteiger partial charge >= 0.3 is 6.18 Å². The molecule has 0 aromatic heterocycles. The van der Waals surface area contributed by atoms with Crippen molar-refractivity contribution in [1.29, 1.82) is 0 Å². The van der Waals surface area contributed by atoms with Gasteiger partial charge in [-0.1, -0.05) is 25.3 Å². The van der Waals surface area contributed by atoms with E-state index in [0.717, 1.165) is 25.3 Å². The molecule has 2 nitrogen and oxygen atoms in total. The highest BCUT2D eigenvalue weighted by Gasteiger charge is 2.36. The Morgan fingerprint density at radius 1 is 1.06 bits per heavy atom. The molecule has 1 aliphatic rings. The average molecular weight is 260 g/mol. The summed E-state index contributed by atoms with van der Waals surface area (Å²) < 4.78 is 37.4. The number of rotatable bonds is 1. The Balaban J connectivity index is 2.35. The van der Waals surface area contributed by atoms with E-state index in [-0.39, 0.29) is 5.56 Å². The van der Waals surface area contributed by atoms with Gasteiger partial charge in [-0.2, -0.15) is 13.2 Å². The Morgan fingerprint density at radius 2 is 1.67 bits per heavy atom. The van der Waals surface area contributed by atoms with Crippen molar-refractivity contribution in [2.75, 3.05) is 0 Å². The van der Waals surface area contributed by atoms with Crippen molar-refractivity contribution in [1.82, 2.24) is 0 Å². The average Bonchev–Trinajstić information content (AvgIpc) is 2.28. The van der Waals surface area contributed by atoms with Gasteiger partial charge in [0, 0.05) is 5.56 Å². The van der Waals surface area contributed by atoms with Crippen molar-refractivity contribution in [3.05, 3.63) is 29.3 Å². The maximum Gasteiger partial charge on any atom is 0.416 e. The van der Waals surface area contributed by atoms with E-state index in [9.17, 15) is 23.4 Å². The predicted octanol–water partition coefficient (Wildman–Crippen LogP) is 3.56. The lowest BCUT2D eigenvalue weighted by Crippen LogP contribution is -2.28. The van der Waals surface area contributed by atoms with E-state index < -0.39 is 23.1 Å². The maximum atomic E-state index is 12.5. The third-order valence-electron chi connectivity index (χ3n) is 3.51. The molecule has 1 aliphatic carbocycles. The van der Waals surface area contributed by atoms with Gasteiger partial charge in [0.05, 0.1) is 11.2 Å². The van der Waals surface area contributed by atoms with Gasteiger partial charge in [-0.05, 0) is 25.0 Å². The minimum Gasteiger partial charge on any atom is -0.508 e. The van der Waals surface area contributed by atoms with Crippen LogP contribution >= 0.6 is 0 Å². The highest BCUT2D eigenvalue weighted by atomic mass is 19.4. The lowest BCUT2D eigenvalue weighted by molar-refractivity contribution is -0.137. The Hall–Kier alpha value is -1.23. The zero-order chi connectivity index (χ0) is 13.4. The Morgan fingerprint density at radius 3 is 2.17 bits per heavy atom. The summed E-state index contributed by atoms with van der Waals surface area (Å²) >= 11 is 0. The van der Waals surface area contributed by atoms with E-state index in [1.54, 1.807) is 0 Å². The number of phenolic OH excluding ortho intramolecular Hbond substituents is 1. The molecule has 1 saturated carbocycles. The highest BCUT2D eigenvalue weighted by molar-refractivity contribution is 5.41. The first-order valence-corrected chi connectivity index (χ1v) is 5.96. The molecule has 1 aromatic rings. The van der Waals surface area contributed by atoms with Crippen LogP contribution in [0, 0.1) is 0 Å². The number of phenols is 1. The molecule has 0 unspecified atom stereocenters. The van der Waals surface area contributed by atoms with Gasteiger partial charge in [0.15, 0.2) is 0 Å². The molecule has 0 heterocycles. The number of aliphatic hydroxyl groups is 1. The van der Waals surface area contributed by atoms with Crippen molar-refractivity contribution >= 4 is 0 Å². The van der Waals surface area contributed by atoms with E-state index in [1.807, 2.05) is 0 Å². The first-order valence-electron chi connectivity index (χ1n) is 5.96. The molecule has 1 aromatic carbocycles.